The fraction of sp³-hybridized carbons (Fsp3) is 0.261. The molecule has 0 spiro atoms. The maximum absolute atomic E-state index is 12.8. The van der Waals surface area contributed by atoms with Gasteiger partial charge in [-0.1, -0.05) is 30.0 Å². The lowest BCUT2D eigenvalue weighted by molar-refractivity contribution is -0.115. The van der Waals surface area contributed by atoms with Crippen molar-refractivity contribution < 1.29 is 9.59 Å². The maximum Gasteiger partial charge on any atom is 0.248 e. The lowest BCUT2D eigenvalue weighted by atomic mass is 10.0. The number of imidazole rings is 1. The van der Waals surface area contributed by atoms with Gasteiger partial charge in [0.05, 0.1) is 10.9 Å². The molecule has 1 aliphatic carbocycles. The van der Waals surface area contributed by atoms with Gasteiger partial charge in [0.15, 0.2) is 5.16 Å². The zero-order chi connectivity index (χ0) is 21.1. The molecule has 3 aromatic rings. The number of nitrogens with zero attached hydrogens (tertiary/aromatic N) is 2. The first-order valence-corrected chi connectivity index (χ1v) is 10.9. The summed E-state index contributed by atoms with van der Waals surface area (Å²) in [7, 11) is 0. The van der Waals surface area contributed by atoms with Gasteiger partial charge in [-0.2, -0.15) is 0 Å². The second-order valence-corrected chi connectivity index (χ2v) is 8.66. The third kappa shape index (κ3) is 4.26. The SMILES string of the molecule is CC(Sc1nc2c(n1-c1ccccc1)CCCC2)C(=O)Nc1ccc(C(N)=O)cc1. The van der Waals surface area contributed by atoms with Crippen LogP contribution >= 0.6 is 11.8 Å². The van der Waals surface area contributed by atoms with E-state index in [4.69, 9.17) is 10.7 Å². The van der Waals surface area contributed by atoms with Crippen molar-refractivity contribution in [1.29, 1.82) is 0 Å². The Labute approximate surface area is 179 Å². The fourth-order valence-electron chi connectivity index (χ4n) is 3.61. The highest BCUT2D eigenvalue weighted by Crippen LogP contribution is 2.32. The number of hydrogen-bond acceptors (Lipinski definition) is 4. The Bertz CT molecular complexity index is 1060. The largest absolute Gasteiger partial charge is 0.366 e. The van der Waals surface area contributed by atoms with Crippen LogP contribution in [0.15, 0.2) is 59.8 Å². The summed E-state index contributed by atoms with van der Waals surface area (Å²) in [5.74, 6) is -0.610. The van der Waals surface area contributed by atoms with Gasteiger partial charge in [-0.3, -0.25) is 14.2 Å². The third-order valence-electron chi connectivity index (χ3n) is 5.20. The third-order valence-corrected chi connectivity index (χ3v) is 6.26. The van der Waals surface area contributed by atoms with Crippen molar-refractivity contribution in [3.8, 4) is 5.69 Å². The topological polar surface area (TPSA) is 90.0 Å². The zero-order valence-electron chi connectivity index (χ0n) is 16.8. The van der Waals surface area contributed by atoms with Gasteiger partial charge in [-0.05, 0) is 69.0 Å². The van der Waals surface area contributed by atoms with Crippen molar-refractivity contribution in [2.75, 3.05) is 5.32 Å². The molecule has 0 radical (unpaired) electrons. The van der Waals surface area contributed by atoms with Crippen molar-refractivity contribution in [1.82, 2.24) is 9.55 Å². The highest BCUT2D eigenvalue weighted by molar-refractivity contribution is 8.00. The number of nitrogens with one attached hydrogen (secondary N) is 1. The summed E-state index contributed by atoms with van der Waals surface area (Å²) in [6.07, 6.45) is 4.30. The average Bonchev–Trinajstić information content (AvgIpc) is 3.12. The first-order valence-electron chi connectivity index (χ1n) is 10.1. The van der Waals surface area contributed by atoms with E-state index in [0.29, 0.717) is 11.3 Å². The van der Waals surface area contributed by atoms with Crippen LogP contribution in [0.1, 0.15) is 41.5 Å². The second-order valence-electron chi connectivity index (χ2n) is 7.36. The lowest BCUT2D eigenvalue weighted by Gasteiger charge is -2.16. The molecular formula is C23H24N4O2S. The average molecular weight is 421 g/mol. The number of fused-ring (bicyclic) bond motifs is 1. The van der Waals surface area contributed by atoms with Crippen molar-refractivity contribution >= 4 is 29.3 Å². The van der Waals surface area contributed by atoms with E-state index in [0.717, 1.165) is 42.2 Å². The molecule has 2 aromatic carbocycles. The van der Waals surface area contributed by atoms with Crippen molar-refractivity contribution in [2.45, 2.75) is 43.0 Å². The second kappa shape index (κ2) is 8.75. The molecule has 6 nitrogen and oxygen atoms in total. The van der Waals surface area contributed by atoms with Gasteiger partial charge in [-0.25, -0.2) is 4.98 Å². The van der Waals surface area contributed by atoms with E-state index >= 15 is 0 Å². The molecule has 3 N–H and O–H groups in total. The normalized spacial score (nSPS) is 14.0. The molecule has 30 heavy (non-hydrogen) atoms. The Morgan fingerprint density at radius 3 is 2.47 bits per heavy atom. The van der Waals surface area contributed by atoms with Crippen LogP contribution in [0.3, 0.4) is 0 Å². The molecule has 0 fully saturated rings. The van der Waals surface area contributed by atoms with Crippen LogP contribution in [0.5, 0.6) is 0 Å². The van der Waals surface area contributed by atoms with Crippen LogP contribution in [0.4, 0.5) is 5.69 Å². The predicted molar refractivity (Wildman–Crippen MR) is 119 cm³/mol. The standard InChI is InChI=1S/C23H24N4O2S/c1-15(22(29)25-17-13-11-16(12-14-17)21(24)28)30-23-26-19-9-5-6-10-20(19)27(23)18-7-3-2-4-8-18/h2-4,7-8,11-15H,5-6,9-10H2,1H3,(H2,24,28)(H,25,29). The molecule has 7 heteroatoms. The number of carbonyl (C=O) groups excluding carboxylic acids is 2. The van der Waals surface area contributed by atoms with Crippen LogP contribution in [-0.4, -0.2) is 26.6 Å². The Kier molecular flexibility index (Phi) is 5.90. The number of primary amides is 1. The van der Waals surface area contributed by atoms with E-state index in [1.807, 2.05) is 25.1 Å². The fourth-order valence-corrected chi connectivity index (χ4v) is 4.58. The van der Waals surface area contributed by atoms with Gasteiger partial charge in [0, 0.05) is 22.6 Å². The Balaban J connectivity index is 1.54. The summed E-state index contributed by atoms with van der Waals surface area (Å²) in [5.41, 5.74) is 9.77. The number of nitrogens with two attached hydrogens (primary N) is 1. The summed E-state index contributed by atoms with van der Waals surface area (Å²) >= 11 is 1.46. The molecule has 4 rings (SSSR count). The Morgan fingerprint density at radius 2 is 1.77 bits per heavy atom. The van der Waals surface area contributed by atoms with E-state index in [9.17, 15) is 9.59 Å². The molecule has 0 bridgehead atoms. The van der Waals surface area contributed by atoms with Crippen LogP contribution in [0.2, 0.25) is 0 Å². The van der Waals surface area contributed by atoms with Gasteiger partial charge in [0.2, 0.25) is 11.8 Å². The summed E-state index contributed by atoms with van der Waals surface area (Å²) in [6, 6.07) is 16.8. The molecule has 154 valence electrons. The van der Waals surface area contributed by atoms with E-state index in [1.54, 1.807) is 24.3 Å². The minimum absolute atomic E-state index is 0.118. The molecule has 1 atom stereocenters. The molecule has 2 amide bonds. The van der Waals surface area contributed by atoms with Crippen LogP contribution < -0.4 is 11.1 Å². The first kappa shape index (κ1) is 20.2. The number of carbonyl (C=O) groups is 2. The number of amides is 2. The van der Waals surface area contributed by atoms with E-state index in [2.05, 4.69) is 22.0 Å². The van der Waals surface area contributed by atoms with Crippen molar-refractivity contribution in [3.05, 3.63) is 71.5 Å². The number of rotatable bonds is 6. The molecule has 1 aliphatic rings. The number of para-hydroxylation sites is 1. The highest BCUT2D eigenvalue weighted by Gasteiger charge is 2.24. The smallest absolute Gasteiger partial charge is 0.248 e. The van der Waals surface area contributed by atoms with Gasteiger partial charge in [0.1, 0.15) is 0 Å². The maximum atomic E-state index is 12.8. The molecule has 1 aromatic heterocycles. The molecule has 0 saturated carbocycles. The summed E-state index contributed by atoms with van der Waals surface area (Å²) in [6.45, 7) is 1.88. The minimum Gasteiger partial charge on any atom is -0.366 e. The van der Waals surface area contributed by atoms with E-state index in [1.165, 1.54) is 17.5 Å². The molecule has 1 heterocycles. The number of hydrogen-bond donors (Lipinski definition) is 2. The van der Waals surface area contributed by atoms with E-state index in [-0.39, 0.29) is 11.2 Å². The van der Waals surface area contributed by atoms with Crippen molar-refractivity contribution in [2.24, 2.45) is 5.73 Å². The molecule has 0 aliphatic heterocycles. The number of anilines is 1. The number of thioether (sulfide) groups is 1. The molecule has 0 saturated heterocycles. The van der Waals surface area contributed by atoms with Crippen LogP contribution in [0, 0.1) is 0 Å². The van der Waals surface area contributed by atoms with Crippen molar-refractivity contribution in [3.63, 3.8) is 0 Å². The van der Waals surface area contributed by atoms with E-state index < -0.39 is 5.91 Å². The monoisotopic (exact) mass is 420 g/mol. The lowest BCUT2D eigenvalue weighted by Crippen LogP contribution is -2.23. The number of aryl methyl sites for hydroxylation is 1. The van der Waals surface area contributed by atoms with Crippen LogP contribution in [-0.2, 0) is 17.6 Å². The summed E-state index contributed by atoms with van der Waals surface area (Å²) in [5, 5.41) is 3.41. The van der Waals surface area contributed by atoms with Gasteiger partial charge >= 0.3 is 0 Å². The van der Waals surface area contributed by atoms with Gasteiger partial charge < -0.3 is 11.1 Å². The number of benzene rings is 2. The molecular weight excluding hydrogens is 396 g/mol. The first-order chi connectivity index (χ1) is 14.5. The Morgan fingerprint density at radius 1 is 1.07 bits per heavy atom. The zero-order valence-corrected chi connectivity index (χ0v) is 17.6. The summed E-state index contributed by atoms with van der Waals surface area (Å²) in [4.78, 5) is 28.8. The Hall–Kier alpha value is -3.06. The quantitative estimate of drug-likeness (QED) is 0.591. The molecule has 1 unspecified atom stereocenters. The minimum atomic E-state index is -0.492. The van der Waals surface area contributed by atoms with Crippen LogP contribution in [0.25, 0.3) is 5.69 Å². The number of aromatic nitrogens is 2. The summed E-state index contributed by atoms with van der Waals surface area (Å²) < 4.78 is 2.20. The van der Waals surface area contributed by atoms with Gasteiger partial charge in [-0.15, -0.1) is 0 Å². The highest BCUT2D eigenvalue weighted by atomic mass is 32.2. The predicted octanol–water partition coefficient (Wildman–Crippen LogP) is 3.97. The van der Waals surface area contributed by atoms with Gasteiger partial charge in [0.25, 0.3) is 0 Å².